The van der Waals surface area contributed by atoms with E-state index in [1.165, 1.54) is 6.07 Å². The zero-order valence-electron chi connectivity index (χ0n) is 10.6. The third kappa shape index (κ3) is 3.97. The van der Waals surface area contributed by atoms with Crippen molar-refractivity contribution in [1.29, 1.82) is 0 Å². The summed E-state index contributed by atoms with van der Waals surface area (Å²) in [4.78, 5) is 10.4. The van der Waals surface area contributed by atoms with Crippen LogP contribution < -0.4 is 10.5 Å². The highest BCUT2D eigenvalue weighted by Crippen LogP contribution is 2.28. The number of nitrogens with two attached hydrogens (primary N) is 1. The molecule has 0 amide bonds. The molecule has 0 aliphatic carbocycles. The maximum Gasteiger partial charge on any atom is 0.310 e. The highest BCUT2D eigenvalue weighted by molar-refractivity contribution is 5.48. The summed E-state index contributed by atoms with van der Waals surface area (Å²) in [5.41, 5.74) is 6.71. The number of nitrogens with zero attached hydrogens (tertiary/aromatic N) is 1. The van der Waals surface area contributed by atoms with E-state index in [1.807, 2.05) is 0 Å². The van der Waals surface area contributed by atoms with E-state index in [-0.39, 0.29) is 17.5 Å². The lowest BCUT2D eigenvalue weighted by Gasteiger charge is -2.11. The molecule has 6 nitrogen and oxygen atoms in total. The van der Waals surface area contributed by atoms with Crippen molar-refractivity contribution in [3.05, 3.63) is 33.9 Å². The Labute approximate surface area is 106 Å². The molecule has 0 fully saturated rings. The quantitative estimate of drug-likeness (QED) is 0.588. The van der Waals surface area contributed by atoms with Crippen molar-refractivity contribution >= 4 is 5.69 Å². The van der Waals surface area contributed by atoms with Crippen molar-refractivity contribution < 1.29 is 14.4 Å². The van der Waals surface area contributed by atoms with E-state index < -0.39 is 4.92 Å². The normalized spacial score (nSPS) is 12.2. The van der Waals surface area contributed by atoms with E-state index in [9.17, 15) is 10.1 Å². The number of nitro groups is 1. The van der Waals surface area contributed by atoms with E-state index >= 15 is 0 Å². The van der Waals surface area contributed by atoms with Crippen molar-refractivity contribution in [3.8, 4) is 5.75 Å². The van der Waals surface area contributed by atoms with Crippen LogP contribution in [0.3, 0.4) is 0 Å². The topological polar surface area (TPSA) is 87.6 Å². The molecular weight excluding hydrogens is 236 g/mol. The molecule has 0 saturated carbocycles. The smallest absolute Gasteiger partial charge is 0.310 e. The van der Waals surface area contributed by atoms with Crippen LogP contribution in [-0.4, -0.2) is 31.3 Å². The first kappa shape index (κ1) is 14.4. The van der Waals surface area contributed by atoms with Gasteiger partial charge in [-0.3, -0.25) is 10.1 Å². The summed E-state index contributed by atoms with van der Waals surface area (Å²) >= 11 is 0. The van der Waals surface area contributed by atoms with Crippen LogP contribution in [0.4, 0.5) is 5.69 Å². The van der Waals surface area contributed by atoms with Crippen LogP contribution in [0.15, 0.2) is 18.2 Å². The Morgan fingerprint density at radius 3 is 2.78 bits per heavy atom. The van der Waals surface area contributed by atoms with Gasteiger partial charge in [-0.25, -0.2) is 0 Å². The maximum absolute atomic E-state index is 10.8. The van der Waals surface area contributed by atoms with Crippen molar-refractivity contribution in [2.75, 3.05) is 20.3 Å². The highest BCUT2D eigenvalue weighted by Gasteiger charge is 2.16. The van der Waals surface area contributed by atoms with Crippen LogP contribution in [0, 0.1) is 10.1 Å². The maximum atomic E-state index is 10.8. The second kappa shape index (κ2) is 6.93. The molecule has 1 aromatic rings. The van der Waals surface area contributed by atoms with Crippen molar-refractivity contribution in [1.82, 2.24) is 0 Å². The summed E-state index contributed by atoms with van der Waals surface area (Å²) in [6.07, 6.45) is 0.589. The zero-order chi connectivity index (χ0) is 13.5. The van der Waals surface area contributed by atoms with Crippen molar-refractivity contribution in [2.24, 2.45) is 5.73 Å². The van der Waals surface area contributed by atoms with Crippen molar-refractivity contribution in [3.63, 3.8) is 0 Å². The van der Waals surface area contributed by atoms with Gasteiger partial charge in [-0.05, 0) is 25.0 Å². The Morgan fingerprint density at radius 1 is 1.50 bits per heavy atom. The summed E-state index contributed by atoms with van der Waals surface area (Å²) in [5.74, 6) is 0.282. The lowest BCUT2D eigenvalue weighted by atomic mass is 10.1. The molecule has 0 aliphatic heterocycles. The second-order valence-corrected chi connectivity index (χ2v) is 3.91. The largest absolute Gasteiger partial charge is 0.487 e. The molecule has 0 bridgehead atoms. The first-order valence-corrected chi connectivity index (χ1v) is 5.73. The molecule has 18 heavy (non-hydrogen) atoms. The Bertz CT molecular complexity index is 409. The molecule has 6 heteroatoms. The van der Waals surface area contributed by atoms with Gasteiger partial charge in [0.05, 0.1) is 18.1 Å². The molecule has 0 spiro atoms. The highest BCUT2D eigenvalue weighted by atomic mass is 16.6. The number of nitro benzene ring substituents is 1. The van der Waals surface area contributed by atoms with Gasteiger partial charge < -0.3 is 15.2 Å². The first-order chi connectivity index (χ1) is 8.58. The molecule has 0 aromatic heterocycles. The van der Waals surface area contributed by atoms with E-state index in [4.69, 9.17) is 15.2 Å². The molecule has 0 saturated heterocycles. The fourth-order valence-electron chi connectivity index (χ4n) is 1.68. The fraction of sp³-hybridized carbons (Fsp3) is 0.500. The van der Waals surface area contributed by atoms with Crippen LogP contribution in [-0.2, 0) is 11.2 Å². The number of ether oxygens (including phenoxy) is 2. The van der Waals surface area contributed by atoms with Crippen molar-refractivity contribution in [2.45, 2.75) is 19.4 Å². The Kier molecular flexibility index (Phi) is 5.54. The summed E-state index contributed by atoms with van der Waals surface area (Å²) < 4.78 is 10.2. The predicted molar refractivity (Wildman–Crippen MR) is 67.8 cm³/mol. The standard InChI is InChI=1S/C12H18N2O4/c1-3-18-12-7-9(6-10(13)8-17-2)4-5-11(12)14(15)16/h4-5,7,10H,3,6,8,13H2,1-2H3. The number of hydrogen-bond acceptors (Lipinski definition) is 5. The average Bonchev–Trinajstić information content (AvgIpc) is 2.29. The van der Waals surface area contributed by atoms with Gasteiger partial charge in [0, 0.05) is 19.2 Å². The SMILES string of the molecule is CCOc1cc(CC(N)COC)ccc1[N+](=O)[O-]. The van der Waals surface area contributed by atoms with Gasteiger partial charge in [-0.1, -0.05) is 6.07 Å². The fourth-order valence-corrected chi connectivity index (χ4v) is 1.68. The molecule has 1 unspecified atom stereocenters. The number of methoxy groups -OCH3 is 1. The minimum absolute atomic E-state index is 0.0269. The molecule has 0 heterocycles. The van der Waals surface area contributed by atoms with Crippen LogP contribution in [0.5, 0.6) is 5.75 Å². The molecule has 1 aromatic carbocycles. The molecule has 2 N–H and O–H groups in total. The van der Waals surface area contributed by atoms with Crippen LogP contribution in [0.2, 0.25) is 0 Å². The van der Waals surface area contributed by atoms with E-state index in [0.29, 0.717) is 19.6 Å². The van der Waals surface area contributed by atoms with Crippen LogP contribution in [0.1, 0.15) is 12.5 Å². The monoisotopic (exact) mass is 254 g/mol. The number of rotatable bonds is 7. The van der Waals surface area contributed by atoms with Gasteiger partial charge in [0.25, 0.3) is 0 Å². The summed E-state index contributed by atoms with van der Waals surface area (Å²) in [7, 11) is 1.58. The third-order valence-corrected chi connectivity index (χ3v) is 2.40. The van der Waals surface area contributed by atoms with Gasteiger partial charge in [-0.15, -0.1) is 0 Å². The Hall–Kier alpha value is -1.66. The minimum atomic E-state index is -0.455. The van der Waals surface area contributed by atoms with Gasteiger partial charge >= 0.3 is 5.69 Å². The summed E-state index contributed by atoms with van der Waals surface area (Å²) in [6.45, 7) is 2.61. The van der Waals surface area contributed by atoms with E-state index in [2.05, 4.69) is 0 Å². The van der Waals surface area contributed by atoms with Gasteiger partial charge in [0.1, 0.15) is 0 Å². The Balaban J connectivity index is 2.88. The Morgan fingerprint density at radius 2 is 2.22 bits per heavy atom. The third-order valence-electron chi connectivity index (χ3n) is 2.40. The first-order valence-electron chi connectivity index (χ1n) is 5.73. The predicted octanol–water partition coefficient (Wildman–Crippen LogP) is 1.51. The molecule has 0 aliphatic rings. The molecule has 1 atom stereocenters. The number of hydrogen-bond donors (Lipinski definition) is 1. The van der Waals surface area contributed by atoms with E-state index in [0.717, 1.165) is 5.56 Å². The average molecular weight is 254 g/mol. The zero-order valence-corrected chi connectivity index (χ0v) is 10.6. The second-order valence-electron chi connectivity index (χ2n) is 3.91. The summed E-state index contributed by atoms with van der Waals surface area (Å²) in [5, 5.41) is 10.8. The van der Waals surface area contributed by atoms with Gasteiger partial charge in [-0.2, -0.15) is 0 Å². The van der Waals surface area contributed by atoms with Gasteiger partial charge in [0.15, 0.2) is 5.75 Å². The lowest BCUT2D eigenvalue weighted by Crippen LogP contribution is -2.27. The number of benzene rings is 1. The lowest BCUT2D eigenvalue weighted by molar-refractivity contribution is -0.385. The summed E-state index contributed by atoms with van der Waals surface area (Å²) in [6, 6.07) is 4.67. The molecule has 1 rings (SSSR count). The van der Waals surface area contributed by atoms with Gasteiger partial charge in [0.2, 0.25) is 0 Å². The minimum Gasteiger partial charge on any atom is -0.487 e. The molecule has 0 radical (unpaired) electrons. The van der Waals surface area contributed by atoms with Crippen LogP contribution in [0.25, 0.3) is 0 Å². The molecule has 100 valence electrons. The molecular formula is C12H18N2O4. The van der Waals surface area contributed by atoms with Crippen LogP contribution >= 0.6 is 0 Å². The van der Waals surface area contributed by atoms with E-state index in [1.54, 1.807) is 26.2 Å².